The molecule has 0 unspecified atom stereocenters. The zero-order valence-corrected chi connectivity index (χ0v) is 23.1. The number of phenols is 1. The topological polar surface area (TPSA) is 39.8 Å². The molecule has 5 nitrogen and oxygen atoms in total. The fourth-order valence-corrected chi connectivity index (χ4v) is 6.47. The van der Waals surface area contributed by atoms with Crippen molar-refractivity contribution in [2.24, 2.45) is 7.05 Å². The number of thioether (sulfide) groups is 1. The van der Waals surface area contributed by atoms with E-state index in [1.807, 2.05) is 23.9 Å². The molecule has 1 N–H and O–H groups in total. The molecule has 6 heteroatoms. The third-order valence-electron chi connectivity index (χ3n) is 7.48. The largest absolute Gasteiger partial charge is 0.508 e. The van der Waals surface area contributed by atoms with Crippen molar-refractivity contribution in [1.82, 2.24) is 4.90 Å². The van der Waals surface area contributed by atoms with Gasteiger partial charge in [0.1, 0.15) is 12.8 Å². The van der Waals surface area contributed by atoms with Crippen molar-refractivity contribution in [3.63, 3.8) is 0 Å². The van der Waals surface area contributed by atoms with Crippen molar-refractivity contribution in [3.8, 4) is 5.75 Å². The molecule has 0 amide bonds. The molecule has 198 valence electrons. The van der Waals surface area contributed by atoms with E-state index in [-0.39, 0.29) is 5.75 Å². The molecule has 0 aliphatic carbocycles. The van der Waals surface area contributed by atoms with Crippen LogP contribution in [0.1, 0.15) is 23.2 Å². The van der Waals surface area contributed by atoms with Crippen molar-refractivity contribution < 1.29 is 14.4 Å². The summed E-state index contributed by atoms with van der Waals surface area (Å²) in [5, 5.41) is 12.1. The van der Waals surface area contributed by atoms with Gasteiger partial charge in [0.15, 0.2) is 0 Å². The number of aryl methyl sites for hydroxylation is 1. The van der Waals surface area contributed by atoms with Crippen LogP contribution in [0.5, 0.6) is 5.75 Å². The van der Waals surface area contributed by atoms with Crippen LogP contribution in [0.25, 0.3) is 29.1 Å². The molecule has 39 heavy (non-hydrogen) atoms. The Kier molecular flexibility index (Phi) is 7.68. The van der Waals surface area contributed by atoms with Gasteiger partial charge in [0.25, 0.3) is 0 Å². The molecule has 3 aromatic carbocycles. The van der Waals surface area contributed by atoms with Crippen LogP contribution < -0.4 is 9.47 Å². The number of hydrogen-bond donors (Lipinski definition) is 1. The van der Waals surface area contributed by atoms with Crippen LogP contribution in [0.4, 0.5) is 5.69 Å². The number of pyridine rings is 1. The summed E-state index contributed by atoms with van der Waals surface area (Å²) in [5.74, 6) is 0.280. The van der Waals surface area contributed by atoms with Crippen LogP contribution in [0.2, 0.25) is 0 Å². The third kappa shape index (κ3) is 5.74. The monoisotopic (exact) mass is 536 g/mol. The van der Waals surface area contributed by atoms with Gasteiger partial charge in [0, 0.05) is 49.3 Å². The lowest BCUT2D eigenvalue weighted by molar-refractivity contribution is -0.646. The number of aromatic hydroxyl groups is 1. The highest BCUT2D eigenvalue weighted by Gasteiger charge is 2.25. The molecule has 2 aliphatic heterocycles. The van der Waals surface area contributed by atoms with E-state index in [1.165, 1.54) is 32.1 Å². The average molecular weight is 537 g/mol. The number of phenolic OH excluding ortho intramolecular Hbond substituents is 1. The Hall–Kier alpha value is -3.58. The second kappa shape index (κ2) is 11.7. The fourth-order valence-electron chi connectivity index (χ4n) is 5.33. The Balaban J connectivity index is 1.34. The van der Waals surface area contributed by atoms with Crippen molar-refractivity contribution in [3.05, 3.63) is 101 Å². The van der Waals surface area contributed by atoms with E-state index in [1.54, 1.807) is 12.1 Å². The van der Waals surface area contributed by atoms with Crippen molar-refractivity contribution in [1.29, 1.82) is 0 Å². The van der Waals surface area contributed by atoms with Gasteiger partial charge < -0.3 is 14.7 Å². The molecule has 1 aromatic heterocycles. The number of para-hydroxylation sites is 2. The normalized spacial score (nSPS) is 16.9. The molecule has 0 spiro atoms. The minimum atomic E-state index is 0.280. The number of aromatic nitrogens is 1. The van der Waals surface area contributed by atoms with Gasteiger partial charge in [-0.25, -0.2) is 0 Å². The third-order valence-corrected chi connectivity index (χ3v) is 8.59. The molecule has 3 heterocycles. The predicted molar refractivity (Wildman–Crippen MR) is 162 cm³/mol. The second-order valence-electron chi connectivity index (χ2n) is 10.0. The Morgan fingerprint density at radius 2 is 1.69 bits per heavy atom. The van der Waals surface area contributed by atoms with Crippen LogP contribution in [0, 0.1) is 0 Å². The molecule has 1 fully saturated rings. The maximum atomic E-state index is 9.64. The summed E-state index contributed by atoms with van der Waals surface area (Å²) in [7, 11) is 2.12. The van der Waals surface area contributed by atoms with Crippen LogP contribution >= 0.6 is 11.8 Å². The number of ether oxygens (including phenoxy) is 1. The Morgan fingerprint density at radius 1 is 0.923 bits per heavy atom. The van der Waals surface area contributed by atoms with E-state index in [9.17, 15) is 5.11 Å². The van der Waals surface area contributed by atoms with Gasteiger partial charge >= 0.3 is 0 Å². The summed E-state index contributed by atoms with van der Waals surface area (Å²) >= 11 is 1.86. The zero-order chi connectivity index (χ0) is 26.6. The zero-order valence-electron chi connectivity index (χ0n) is 22.3. The molecule has 4 aromatic rings. The van der Waals surface area contributed by atoms with E-state index in [0.717, 1.165) is 57.1 Å². The SMILES string of the molecule is C[n+]1c(/C=C/c2ccc(O)cc2)cc(/C=C2\Sc3ccccc3N2CCCN2CCOCC2)c2ccccc21. The highest BCUT2D eigenvalue weighted by Crippen LogP contribution is 2.46. The smallest absolute Gasteiger partial charge is 0.213 e. The van der Waals surface area contributed by atoms with E-state index in [0.29, 0.717) is 0 Å². The minimum absolute atomic E-state index is 0.280. The minimum Gasteiger partial charge on any atom is -0.508 e. The summed E-state index contributed by atoms with van der Waals surface area (Å²) in [6.45, 7) is 5.82. The van der Waals surface area contributed by atoms with Gasteiger partial charge in [0.2, 0.25) is 11.2 Å². The lowest BCUT2D eigenvalue weighted by atomic mass is 10.1. The van der Waals surface area contributed by atoms with Gasteiger partial charge in [0.05, 0.1) is 29.3 Å². The Morgan fingerprint density at radius 3 is 2.54 bits per heavy atom. The van der Waals surface area contributed by atoms with Crippen LogP contribution in [-0.4, -0.2) is 49.4 Å². The van der Waals surface area contributed by atoms with E-state index in [4.69, 9.17) is 4.74 Å². The molecular weight excluding hydrogens is 502 g/mol. The van der Waals surface area contributed by atoms with Crippen LogP contribution in [0.3, 0.4) is 0 Å². The summed E-state index contributed by atoms with van der Waals surface area (Å²) in [5.41, 5.74) is 5.87. The van der Waals surface area contributed by atoms with Crippen molar-refractivity contribution in [2.75, 3.05) is 44.3 Å². The van der Waals surface area contributed by atoms with Crippen LogP contribution in [-0.2, 0) is 11.8 Å². The lowest BCUT2D eigenvalue weighted by Crippen LogP contribution is -2.37. The summed E-state index contributed by atoms with van der Waals surface area (Å²) in [4.78, 5) is 6.32. The summed E-state index contributed by atoms with van der Waals surface area (Å²) in [6.07, 6.45) is 7.72. The first-order valence-corrected chi connectivity index (χ1v) is 14.4. The highest BCUT2D eigenvalue weighted by molar-refractivity contribution is 8.03. The predicted octanol–water partition coefficient (Wildman–Crippen LogP) is 6.17. The van der Waals surface area contributed by atoms with Gasteiger partial charge in [-0.1, -0.05) is 48.2 Å². The first-order chi connectivity index (χ1) is 19.2. The van der Waals surface area contributed by atoms with Gasteiger partial charge in [-0.05, 0) is 60.0 Å². The van der Waals surface area contributed by atoms with E-state index >= 15 is 0 Å². The standard InChI is InChI=1S/C33H33N3O2S/c1-34-27(14-11-25-12-15-28(37)16-13-25)23-26(29-7-2-3-8-30(29)34)24-33-36(31-9-4-5-10-32(31)39-33)18-6-17-35-19-21-38-22-20-35/h2-5,7-16,23-24H,6,17-22H2,1H3/p+1/b33-24-. The number of anilines is 1. The molecule has 0 radical (unpaired) electrons. The summed E-state index contributed by atoms with van der Waals surface area (Å²) in [6, 6.07) is 26.9. The van der Waals surface area contributed by atoms with Crippen molar-refractivity contribution in [2.45, 2.75) is 11.3 Å². The van der Waals surface area contributed by atoms with Gasteiger partial charge in [-0.3, -0.25) is 4.90 Å². The summed E-state index contributed by atoms with van der Waals surface area (Å²) < 4.78 is 7.77. The molecule has 1 saturated heterocycles. The van der Waals surface area contributed by atoms with E-state index in [2.05, 4.69) is 94.2 Å². The number of fused-ring (bicyclic) bond motifs is 2. The molecule has 0 atom stereocenters. The van der Waals surface area contributed by atoms with Crippen molar-refractivity contribution >= 4 is 46.6 Å². The quantitative estimate of drug-likeness (QED) is 0.286. The lowest BCUT2D eigenvalue weighted by Gasteiger charge is -2.28. The highest BCUT2D eigenvalue weighted by atomic mass is 32.2. The first-order valence-electron chi connectivity index (χ1n) is 13.6. The molecule has 0 bridgehead atoms. The average Bonchev–Trinajstić information content (AvgIpc) is 3.32. The molecule has 2 aliphatic rings. The number of benzene rings is 3. The molecule has 6 rings (SSSR count). The first kappa shape index (κ1) is 25.7. The maximum absolute atomic E-state index is 9.64. The maximum Gasteiger partial charge on any atom is 0.213 e. The van der Waals surface area contributed by atoms with Gasteiger partial charge in [-0.15, -0.1) is 0 Å². The molecule has 0 saturated carbocycles. The Bertz CT molecular complexity index is 1520. The second-order valence-corrected chi connectivity index (χ2v) is 11.1. The fraction of sp³-hybridized carbons (Fsp3) is 0.242. The number of morpholine rings is 1. The van der Waals surface area contributed by atoms with E-state index < -0.39 is 0 Å². The molecular formula is C33H34N3O2S+. The number of rotatable bonds is 7. The number of nitrogens with zero attached hydrogens (tertiary/aromatic N) is 3. The Labute approximate surface area is 234 Å². The van der Waals surface area contributed by atoms with Crippen LogP contribution in [0.15, 0.2) is 88.8 Å². The van der Waals surface area contributed by atoms with Gasteiger partial charge in [-0.2, -0.15) is 4.57 Å². The number of hydrogen-bond acceptors (Lipinski definition) is 5.